The van der Waals surface area contributed by atoms with E-state index in [0.29, 0.717) is 22.3 Å². The van der Waals surface area contributed by atoms with E-state index in [-0.39, 0.29) is 29.1 Å². The van der Waals surface area contributed by atoms with Gasteiger partial charge in [0.1, 0.15) is 0 Å². The zero-order valence-electron chi connectivity index (χ0n) is 14.6. The molecule has 1 saturated heterocycles. The van der Waals surface area contributed by atoms with Gasteiger partial charge in [-0.2, -0.15) is 0 Å². The zero-order valence-corrected chi connectivity index (χ0v) is 17.0. The lowest BCUT2D eigenvalue weighted by atomic mass is 9.88. The molecule has 0 aliphatic carbocycles. The topological polar surface area (TPSA) is 87.3 Å². The number of anilines is 2. The van der Waals surface area contributed by atoms with Crippen LogP contribution in [0.1, 0.15) is 6.92 Å². The first-order valence-corrected chi connectivity index (χ1v) is 10.1. The minimum atomic E-state index is -3.77. The van der Waals surface area contributed by atoms with E-state index >= 15 is 0 Å². The highest BCUT2D eigenvalue weighted by molar-refractivity contribution is 7.92. The monoisotopic (exact) mass is 429 g/mol. The van der Waals surface area contributed by atoms with Crippen LogP contribution in [0.5, 0.6) is 0 Å². The Hall–Kier alpha value is -1.80. The number of rotatable bonds is 6. The summed E-state index contributed by atoms with van der Waals surface area (Å²) in [6.07, 6.45) is 0. The van der Waals surface area contributed by atoms with Gasteiger partial charge in [-0.25, -0.2) is 8.42 Å². The molecule has 9 heteroatoms. The van der Waals surface area contributed by atoms with Gasteiger partial charge < -0.3 is 10.6 Å². The van der Waals surface area contributed by atoms with Crippen LogP contribution in [0.25, 0.3) is 0 Å². The van der Waals surface area contributed by atoms with Crippen molar-refractivity contribution in [1.82, 2.24) is 5.32 Å². The summed E-state index contributed by atoms with van der Waals surface area (Å²) in [5.74, 6) is 0.0638. The third kappa shape index (κ3) is 5.35. The third-order valence-electron chi connectivity index (χ3n) is 4.44. The molecule has 1 heterocycles. The lowest BCUT2D eigenvalue weighted by Gasteiger charge is -2.31. The molecule has 0 saturated carbocycles. The Kier molecular flexibility index (Phi) is 7.11. The van der Waals surface area contributed by atoms with Gasteiger partial charge in [0.15, 0.2) is 0 Å². The van der Waals surface area contributed by atoms with Crippen LogP contribution in [0.15, 0.2) is 53.4 Å². The predicted octanol–water partition coefficient (Wildman–Crippen LogP) is 3.36. The molecule has 0 radical (unpaired) electrons. The molecular formula is C18H21Cl2N3O3S. The van der Waals surface area contributed by atoms with E-state index in [1.807, 2.05) is 6.92 Å². The maximum Gasteiger partial charge on any atom is 0.261 e. The molecule has 27 heavy (non-hydrogen) atoms. The Bertz CT molecular complexity index is 900. The number of nitrogens with one attached hydrogen (secondary N) is 3. The van der Waals surface area contributed by atoms with Crippen LogP contribution in [0.4, 0.5) is 11.4 Å². The second-order valence-electron chi connectivity index (χ2n) is 6.34. The fourth-order valence-corrected chi connectivity index (χ4v) is 3.84. The number of hydrogen-bond donors (Lipinski definition) is 3. The van der Waals surface area contributed by atoms with Gasteiger partial charge >= 0.3 is 0 Å². The van der Waals surface area contributed by atoms with Crippen molar-refractivity contribution in [3.63, 3.8) is 0 Å². The number of hydrogen-bond acceptors (Lipinski definition) is 4. The summed E-state index contributed by atoms with van der Waals surface area (Å²) in [5.41, 5.74) is 0.864. The summed E-state index contributed by atoms with van der Waals surface area (Å²) < 4.78 is 27.6. The lowest BCUT2D eigenvalue weighted by Crippen LogP contribution is -2.48. The normalized spacial score (nSPS) is 15.2. The van der Waals surface area contributed by atoms with E-state index in [1.165, 1.54) is 12.1 Å². The average molecular weight is 430 g/mol. The Balaban J connectivity index is 0.00000261. The van der Waals surface area contributed by atoms with Gasteiger partial charge in [0.05, 0.1) is 4.90 Å². The molecule has 0 bridgehead atoms. The van der Waals surface area contributed by atoms with Crippen molar-refractivity contribution in [3.8, 4) is 0 Å². The van der Waals surface area contributed by atoms with E-state index < -0.39 is 10.0 Å². The molecule has 1 aliphatic rings. The molecule has 2 aromatic rings. The molecule has 1 aliphatic heterocycles. The standard InChI is InChI=1S/C18H20ClN3O3S.ClH/c1-12(13-10-20-11-13)18(23)21-16-3-2-4-17(9-16)26(24,25)22-15-7-5-14(19)6-8-15;/h2-9,12-13,20,22H,10-11H2,1H3,(H,21,23);1H. The number of benzene rings is 2. The summed E-state index contributed by atoms with van der Waals surface area (Å²) >= 11 is 5.81. The van der Waals surface area contributed by atoms with Crippen molar-refractivity contribution < 1.29 is 13.2 Å². The largest absolute Gasteiger partial charge is 0.326 e. The van der Waals surface area contributed by atoms with Gasteiger partial charge in [-0.05, 0) is 61.5 Å². The van der Waals surface area contributed by atoms with Crippen molar-refractivity contribution in [2.24, 2.45) is 11.8 Å². The number of carbonyl (C=O) groups is 1. The molecule has 1 fully saturated rings. The number of sulfonamides is 1. The maximum absolute atomic E-state index is 12.6. The van der Waals surface area contributed by atoms with Gasteiger partial charge in [-0.1, -0.05) is 24.6 Å². The van der Waals surface area contributed by atoms with E-state index in [1.54, 1.807) is 36.4 Å². The van der Waals surface area contributed by atoms with Crippen LogP contribution in [0, 0.1) is 11.8 Å². The molecule has 0 aromatic heterocycles. The van der Waals surface area contributed by atoms with Gasteiger partial charge in [-0.3, -0.25) is 9.52 Å². The van der Waals surface area contributed by atoms with Crippen LogP contribution >= 0.6 is 24.0 Å². The maximum atomic E-state index is 12.6. The van der Waals surface area contributed by atoms with E-state index in [4.69, 9.17) is 11.6 Å². The summed E-state index contributed by atoms with van der Waals surface area (Å²) in [5, 5.41) is 6.46. The van der Waals surface area contributed by atoms with Gasteiger partial charge in [-0.15, -0.1) is 12.4 Å². The fourth-order valence-electron chi connectivity index (χ4n) is 2.61. The van der Waals surface area contributed by atoms with Crippen molar-refractivity contribution >= 4 is 51.3 Å². The quantitative estimate of drug-likeness (QED) is 0.656. The molecule has 1 atom stereocenters. The molecule has 6 nitrogen and oxygen atoms in total. The minimum Gasteiger partial charge on any atom is -0.326 e. The summed E-state index contributed by atoms with van der Waals surface area (Å²) in [7, 11) is -3.77. The smallest absolute Gasteiger partial charge is 0.261 e. The molecular weight excluding hydrogens is 409 g/mol. The molecule has 1 amide bonds. The number of amides is 1. The highest BCUT2D eigenvalue weighted by Crippen LogP contribution is 2.22. The molecule has 3 N–H and O–H groups in total. The number of halogens is 2. The first-order chi connectivity index (χ1) is 12.3. The van der Waals surface area contributed by atoms with Crippen LogP contribution in [0.3, 0.4) is 0 Å². The van der Waals surface area contributed by atoms with Gasteiger partial charge in [0.2, 0.25) is 5.91 Å². The van der Waals surface area contributed by atoms with Crippen molar-refractivity contribution in [2.75, 3.05) is 23.1 Å². The molecule has 0 spiro atoms. The van der Waals surface area contributed by atoms with Gasteiger partial charge in [0, 0.05) is 22.3 Å². The predicted molar refractivity (Wildman–Crippen MR) is 110 cm³/mol. The Morgan fingerprint density at radius 2 is 1.81 bits per heavy atom. The summed E-state index contributed by atoms with van der Waals surface area (Å²) in [4.78, 5) is 12.4. The molecule has 2 aromatic carbocycles. The lowest BCUT2D eigenvalue weighted by molar-refractivity contribution is -0.121. The zero-order chi connectivity index (χ0) is 18.7. The fraction of sp³-hybridized carbons (Fsp3) is 0.278. The van der Waals surface area contributed by atoms with Crippen LogP contribution < -0.4 is 15.4 Å². The average Bonchev–Trinajstić information content (AvgIpc) is 2.55. The molecule has 146 valence electrons. The van der Waals surface area contributed by atoms with E-state index in [2.05, 4.69) is 15.4 Å². The highest BCUT2D eigenvalue weighted by atomic mass is 35.5. The highest BCUT2D eigenvalue weighted by Gasteiger charge is 2.28. The first kappa shape index (κ1) is 21.5. The van der Waals surface area contributed by atoms with Gasteiger partial charge in [0.25, 0.3) is 10.0 Å². The second kappa shape index (κ2) is 8.93. The Morgan fingerprint density at radius 3 is 2.41 bits per heavy atom. The van der Waals surface area contributed by atoms with E-state index in [0.717, 1.165) is 13.1 Å². The molecule has 1 unspecified atom stereocenters. The Labute approximate surface area is 170 Å². The van der Waals surface area contributed by atoms with E-state index in [9.17, 15) is 13.2 Å². The molecule has 3 rings (SSSR count). The van der Waals surface area contributed by atoms with Crippen molar-refractivity contribution in [2.45, 2.75) is 11.8 Å². The number of carbonyl (C=O) groups excluding carboxylic acids is 1. The first-order valence-electron chi connectivity index (χ1n) is 8.25. The summed E-state index contributed by atoms with van der Waals surface area (Å²) in [6.45, 7) is 3.53. The summed E-state index contributed by atoms with van der Waals surface area (Å²) in [6, 6.07) is 12.6. The third-order valence-corrected chi connectivity index (χ3v) is 6.07. The van der Waals surface area contributed by atoms with Crippen LogP contribution in [0.2, 0.25) is 5.02 Å². The van der Waals surface area contributed by atoms with Crippen LogP contribution in [-0.4, -0.2) is 27.4 Å². The SMILES string of the molecule is CC(C(=O)Nc1cccc(S(=O)(=O)Nc2ccc(Cl)cc2)c1)C1CNC1.Cl. The minimum absolute atomic E-state index is 0. The van der Waals surface area contributed by atoms with Crippen molar-refractivity contribution in [3.05, 3.63) is 53.6 Å². The second-order valence-corrected chi connectivity index (χ2v) is 8.46. The Morgan fingerprint density at radius 1 is 1.15 bits per heavy atom. The van der Waals surface area contributed by atoms with Crippen LogP contribution in [-0.2, 0) is 14.8 Å². The van der Waals surface area contributed by atoms with Crippen molar-refractivity contribution in [1.29, 1.82) is 0 Å².